The Morgan fingerprint density at radius 1 is 0.763 bits per heavy atom. The van der Waals surface area contributed by atoms with E-state index in [1.807, 2.05) is 0 Å². The van der Waals surface area contributed by atoms with Crippen molar-refractivity contribution >= 4 is 103 Å². The lowest BCUT2D eigenvalue weighted by Gasteiger charge is -2.22. The molecule has 76 heavy (non-hydrogen) atoms. The van der Waals surface area contributed by atoms with Crippen molar-refractivity contribution in [1.29, 1.82) is 0 Å². The van der Waals surface area contributed by atoms with E-state index < -0.39 is 67.6 Å². The molecule has 5 aromatic rings. The van der Waals surface area contributed by atoms with Crippen LogP contribution in [0.25, 0.3) is 10.8 Å². The number of carbonyl (C=O) groups is 6. The number of nitrogens with one attached hydrogen (secondary N) is 2. The highest BCUT2D eigenvalue weighted by molar-refractivity contribution is 7.94. The summed E-state index contributed by atoms with van der Waals surface area (Å²) in [4.78, 5) is 79.1. The van der Waals surface area contributed by atoms with Crippen molar-refractivity contribution in [1.82, 2.24) is 0 Å². The monoisotopic (exact) mass is 1110 g/mol. The number of benzene rings is 5. The van der Waals surface area contributed by atoms with E-state index in [0.29, 0.717) is 24.2 Å². The molecular formula is C53H59ClN4O16S2. The Hall–Kier alpha value is -6.79. The van der Waals surface area contributed by atoms with Gasteiger partial charge in [-0.3, -0.25) is 28.5 Å². The maximum atomic E-state index is 14.1. The van der Waals surface area contributed by atoms with Crippen molar-refractivity contribution < 1.29 is 75.3 Å². The van der Waals surface area contributed by atoms with Crippen LogP contribution in [0, 0.1) is 5.41 Å². The van der Waals surface area contributed by atoms with Gasteiger partial charge in [0.2, 0.25) is 17.8 Å². The van der Waals surface area contributed by atoms with E-state index in [4.69, 9.17) is 35.8 Å². The number of azo groups is 1. The minimum atomic E-state index is -4.90. The van der Waals surface area contributed by atoms with E-state index in [1.54, 1.807) is 0 Å². The van der Waals surface area contributed by atoms with Crippen LogP contribution < -0.4 is 24.8 Å². The fraction of sp³-hybridized carbons (Fsp3) is 0.358. The number of nitrogens with zero attached hydrogens (tertiary/aromatic N) is 2. The first kappa shape index (κ1) is 60.1. The molecule has 0 fully saturated rings. The third kappa shape index (κ3) is 16.9. The summed E-state index contributed by atoms with van der Waals surface area (Å²) in [7, 11) is -3.45. The minimum Gasteiger partial charge on any atom is -0.497 e. The summed E-state index contributed by atoms with van der Waals surface area (Å²) in [6, 6.07) is 18.8. The molecule has 0 aliphatic carbocycles. The Balaban J connectivity index is 1.44. The molecule has 5 rings (SSSR count). The predicted molar refractivity (Wildman–Crippen MR) is 283 cm³/mol. The van der Waals surface area contributed by atoms with Crippen LogP contribution >= 0.6 is 23.6 Å². The number of ketones is 2. The van der Waals surface area contributed by atoms with Gasteiger partial charge in [0.15, 0.2) is 5.75 Å². The first-order valence-electron chi connectivity index (χ1n) is 24.1. The maximum Gasteiger partial charge on any atom is 0.338 e. The molecule has 0 aliphatic heterocycles. The summed E-state index contributed by atoms with van der Waals surface area (Å²) in [5.41, 5.74) is -2.08. The van der Waals surface area contributed by atoms with Gasteiger partial charge in [0.05, 0.1) is 68.6 Å². The zero-order valence-corrected chi connectivity index (χ0v) is 45.0. The smallest absolute Gasteiger partial charge is 0.338 e. The molecule has 1 atom stereocenters. The van der Waals surface area contributed by atoms with E-state index in [0.717, 1.165) is 45.2 Å². The quantitative estimate of drug-likeness (QED) is 0.00331. The molecule has 0 spiro atoms. The van der Waals surface area contributed by atoms with Gasteiger partial charge in [0, 0.05) is 12.5 Å². The number of esters is 2. The highest BCUT2D eigenvalue weighted by atomic mass is 35.5. The van der Waals surface area contributed by atoms with Gasteiger partial charge in [0.25, 0.3) is 16.0 Å². The van der Waals surface area contributed by atoms with Gasteiger partial charge < -0.3 is 29.6 Å². The van der Waals surface area contributed by atoms with Crippen molar-refractivity contribution in [3.05, 3.63) is 101 Å². The summed E-state index contributed by atoms with van der Waals surface area (Å²) in [5.74, 6) is -4.79. The second-order valence-corrected chi connectivity index (χ2v) is 20.4. The molecular weight excluding hydrogens is 1050 g/mol. The fourth-order valence-electron chi connectivity index (χ4n) is 7.31. The molecule has 2 amide bonds. The predicted octanol–water partition coefficient (Wildman–Crippen LogP) is 12.4. The highest BCUT2D eigenvalue weighted by Gasteiger charge is 2.37. The maximum absolute atomic E-state index is 14.1. The Kier molecular flexibility index (Phi) is 22.4. The summed E-state index contributed by atoms with van der Waals surface area (Å²) in [6.45, 7) is 7.26. The zero-order valence-electron chi connectivity index (χ0n) is 42.6. The molecule has 0 saturated heterocycles. The van der Waals surface area contributed by atoms with Crippen LogP contribution in [-0.4, -0.2) is 73.4 Å². The molecule has 406 valence electrons. The average molecular weight is 1110 g/mol. The van der Waals surface area contributed by atoms with Crippen LogP contribution in [0.15, 0.2) is 105 Å². The van der Waals surface area contributed by atoms with Gasteiger partial charge in [-0.1, -0.05) is 81.4 Å². The lowest BCUT2D eigenvalue weighted by atomic mass is 9.89. The molecule has 0 saturated carbocycles. The zero-order chi connectivity index (χ0) is 55.6. The van der Waals surface area contributed by atoms with E-state index in [2.05, 4.69) is 37.2 Å². The van der Waals surface area contributed by atoms with E-state index in [9.17, 15) is 41.7 Å². The summed E-state index contributed by atoms with van der Waals surface area (Å²) >= 11 is 6.80. The second kappa shape index (κ2) is 28.4. The lowest BCUT2D eigenvalue weighted by molar-refractivity contribution is -0.432. The number of Topliss-reactive ketones (excluding diaryl/α,β-unsaturated/α-hetero) is 2. The second-order valence-electron chi connectivity index (χ2n) is 17.9. The topological polar surface area (TPSA) is 281 Å². The summed E-state index contributed by atoms with van der Waals surface area (Å²) in [5, 5.41) is 26.3. The third-order valence-corrected chi connectivity index (χ3v) is 13.6. The SMILES string of the molecule is CCCCCCCCCCCCOC(=O)c1ccc(Cl)c(NC(=O)C(Oc2ccc(N=Nc3c(SOOO)cc4cc(S(=O)(=O)O)cc(NC(C)=O)c4c3OC(=O)C(C)(C)C(C)=O)cc2)C(=O)c2ccc(OC)cc2)c1. The number of halogens is 1. The standard InChI is InChI=1S/C53H59ClN4O16S2/c1-7-8-9-10-11-12-13-14-15-16-27-70-51(63)35-19-26-41(54)42(29-35)56-50(62)49(47(61)34-17-22-38(69-6)23-18-34)71-39-24-20-37(21-25-39)57-58-46-44(75-74-73-65)30-36-28-40(76(66,67)68)31-43(55-33(3)60)45(36)48(46)72-52(64)53(4,5)32(2)59/h17-26,28-31,49,65H,7-16,27H2,1-6H3,(H,55,60)(H,56,62)(H,66,67,68). The lowest BCUT2D eigenvalue weighted by Crippen LogP contribution is -2.40. The summed E-state index contributed by atoms with van der Waals surface area (Å²) in [6.07, 6.45) is 9.36. The molecule has 0 heterocycles. The molecule has 4 N–H and O–H groups in total. The van der Waals surface area contributed by atoms with Crippen molar-refractivity contribution in [2.45, 2.75) is 115 Å². The van der Waals surface area contributed by atoms with Crippen molar-refractivity contribution in [2.24, 2.45) is 15.6 Å². The third-order valence-electron chi connectivity index (χ3n) is 11.9. The number of anilines is 2. The van der Waals surface area contributed by atoms with Crippen LogP contribution in [0.5, 0.6) is 17.2 Å². The molecule has 5 aromatic carbocycles. The Morgan fingerprint density at radius 3 is 1.97 bits per heavy atom. The number of rotatable bonds is 29. The largest absolute Gasteiger partial charge is 0.497 e. The highest BCUT2D eigenvalue weighted by Crippen LogP contribution is 2.48. The van der Waals surface area contributed by atoms with E-state index in [-0.39, 0.29) is 66.9 Å². The van der Waals surface area contributed by atoms with Crippen LogP contribution in [0.4, 0.5) is 22.7 Å². The number of hydrogen-bond donors (Lipinski definition) is 4. The van der Waals surface area contributed by atoms with Crippen molar-refractivity contribution in [2.75, 3.05) is 24.4 Å². The molecule has 0 aliphatic rings. The summed E-state index contributed by atoms with van der Waals surface area (Å²) < 4.78 is 61.9. The van der Waals surface area contributed by atoms with E-state index in [1.165, 1.54) is 132 Å². The molecule has 0 aromatic heterocycles. The van der Waals surface area contributed by atoms with Crippen LogP contribution in [0.1, 0.15) is 120 Å². The Bertz CT molecular complexity index is 3040. The minimum absolute atomic E-state index is 0.00656. The van der Waals surface area contributed by atoms with Crippen LogP contribution in [-0.2, 0) is 43.4 Å². The number of amides is 2. The van der Waals surface area contributed by atoms with Gasteiger partial charge in [-0.25, -0.2) is 10.1 Å². The van der Waals surface area contributed by atoms with Crippen molar-refractivity contribution in [3.8, 4) is 17.2 Å². The normalized spacial score (nSPS) is 12.0. The molecule has 0 bridgehead atoms. The van der Waals surface area contributed by atoms with Gasteiger partial charge in [-0.05, 0) is 118 Å². The Labute approximate surface area is 449 Å². The molecule has 23 heteroatoms. The number of ether oxygens (including phenoxy) is 4. The molecule has 0 radical (unpaired) electrons. The van der Waals surface area contributed by atoms with Crippen LogP contribution in [0.2, 0.25) is 5.02 Å². The van der Waals surface area contributed by atoms with Gasteiger partial charge in [-0.2, -0.15) is 13.5 Å². The number of unbranched alkanes of at least 4 members (excludes halogenated alkanes) is 9. The molecule has 1 unspecified atom stereocenters. The number of carbonyl (C=O) groups excluding carboxylic acids is 6. The van der Waals surface area contributed by atoms with Gasteiger partial charge in [-0.15, -0.1) is 9.45 Å². The fourth-order valence-corrected chi connectivity index (χ4v) is 8.51. The first-order valence-corrected chi connectivity index (χ1v) is 26.7. The van der Waals surface area contributed by atoms with Crippen molar-refractivity contribution in [3.63, 3.8) is 0 Å². The van der Waals surface area contributed by atoms with Gasteiger partial charge >= 0.3 is 11.9 Å². The van der Waals surface area contributed by atoms with Crippen LogP contribution in [0.3, 0.4) is 0 Å². The van der Waals surface area contributed by atoms with E-state index >= 15 is 0 Å². The number of hydrogen-bond acceptors (Lipinski definition) is 18. The molecule has 20 nitrogen and oxygen atoms in total. The number of fused-ring (bicyclic) bond motifs is 1. The average Bonchev–Trinajstić information content (AvgIpc) is 3.38. The Morgan fingerprint density at radius 2 is 1.38 bits per heavy atom. The first-order chi connectivity index (χ1) is 36.2. The number of methoxy groups -OCH3 is 1. The van der Waals surface area contributed by atoms with Gasteiger partial charge in [0.1, 0.15) is 28.4 Å².